The maximum atomic E-state index is 4.44. The molecule has 1 atom stereocenters. The highest BCUT2D eigenvalue weighted by Gasteiger charge is 2.15. The molecule has 1 rings (SSSR count). The molecule has 0 amide bonds. The highest BCUT2D eigenvalue weighted by Crippen LogP contribution is 2.18. The maximum Gasteiger partial charge on any atom is 0.125 e. The number of aromatic nitrogens is 2. The van der Waals surface area contributed by atoms with E-state index < -0.39 is 0 Å². The van der Waals surface area contributed by atoms with Gasteiger partial charge in [-0.3, -0.25) is 0 Å². The molecule has 14 heavy (non-hydrogen) atoms. The first-order valence-electron chi connectivity index (χ1n) is 5.18. The third kappa shape index (κ3) is 2.77. The first-order valence-corrected chi connectivity index (χ1v) is 5.18. The lowest BCUT2D eigenvalue weighted by atomic mass is 10.0. The second kappa shape index (κ2) is 5.05. The Kier molecular flexibility index (Phi) is 4.01. The fraction of sp³-hybridized carbons (Fsp3) is 0.636. The number of hydrogen-bond acceptors (Lipinski definition) is 3. The van der Waals surface area contributed by atoms with Gasteiger partial charge in [0.25, 0.3) is 0 Å². The van der Waals surface area contributed by atoms with Crippen molar-refractivity contribution in [2.45, 2.75) is 33.7 Å². The monoisotopic (exact) mass is 193 g/mol. The summed E-state index contributed by atoms with van der Waals surface area (Å²) in [6, 6.07) is 2.32. The van der Waals surface area contributed by atoms with Crippen LogP contribution in [0.3, 0.4) is 0 Å². The highest BCUT2D eigenvalue weighted by atomic mass is 15.0. The zero-order valence-corrected chi connectivity index (χ0v) is 9.41. The molecule has 0 aliphatic rings. The van der Waals surface area contributed by atoms with Crippen LogP contribution in [-0.4, -0.2) is 16.5 Å². The molecule has 1 N–H and O–H groups in total. The van der Waals surface area contributed by atoms with Crippen LogP contribution in [0.25, 0.3) is 0 Å². The highest BCUT2D eigenvalue weighted by molar-refractivity contribution is 5.08. The summed E-state index contributed by atoms with van der Waals surface area (Å²) in [6.07, 6.45) is 1.82. The molecule has 1 aromatic rings. The van der Waals surface area contributed by atoms with Crippen LogP contribution in [0.4, 0.5) is 0 Å². The number of nitrogens with zero attached hydrogens (tertiary/aromatic N) is 2. The second-order valence-corrected chi connectivity index (χ2v) is 3.81. The average molecular weight is 193 g/mol. The van der Waals surface area contributed by atoms with Crippen LogP contribution in [0.5, 0.6) is 0 Å². The fourth-order valence-corrected chi connectivity index (χ4v) is 1.55. The van der Waals surface area contributed by atoms with Crippen LogP contribution in [0.15, 0.2) is 12.3 Å². The van der Waals surface area contributed by atoms with Gasteiger partial charge in [0.1, 0.15) is 5.82 Å². The predicted octanol–water partition coefficient (Wildman–Crippen LogP) is 2.09. The zero-order valence-electron chi connectivity index (χ0n) is 9.41. The molecule has 0 bridgehead atoms. The Labute approximate surface area is 86.0 Å². The van der Waals surface area contributed by atoms with Gasteiger partial charge in [0.15, 0.2) is 0 Å². The smallest absolute Gasteiger partial charge is 0.125 e. The third-order valence-corrected chi connectivity index (χ3v) is 2.21. The van der Waals surface area contributed by atoms with E-state index in [0.717, 1.165) is 18.1 Å². The molecule has 1 aromatic heterocycles. The lowest BCUT2D eigenvalue weighted by Crippen LogP contribution is -2.26. The summed E-state index contributed by atoms with van der Waals surface area (Å²) in [4.78, 5) is 8.54. The van der Waals surface area contributed by atoms with Gasteiger partial charge in [0, 0.05) is 6.20 Å². The predicted molar refractivity (Wildman–Crippen MR) is 58.0 cm³/mol. The van der Waals surface area contributed by atoms with Crippen molar-refractivity contribution in [1.82, 2.24) is 15.3 Å². The molecule has 0 saturated carbocycles. The summed E-state index contributed by atoms with van der Waals surface area (Å²) in [6.45, 7) is 9.40. The number of hydrogen-bond donors (Lipinski definition) is 1. The van der Waals surface area contributed by atoms with Crippen LogP contribution >= 0.6 is 0 Å². The van der Waals surface area contributed by atoms with E-state index in [4.69, 9.17) is 0 Å². The van der Waals surface area contributed by atoms with Crippen molar-refractivity contribution >= 4 is 0 Å². The Balaban J connectivity index is 2.87. The van der Waals surface area contributed by atoms with Crippen LogP contribution < -0.4 is 5.32 Å². The van der Waals surface area contributed by atoms with Gasteiger partial charge in [0.05, 0.1) is 11.7 Å². The van der Waals surface area contributed by atoms with E-state index in [1.165, 1.54) is 0 Å². The number of nitrogens with one attached hydrogen (secondary N) is 1. The van der Waals surface area contributed by atoms with Gasteiger partial charge in [-0.25, -0.2) is 9.97 Å². The summed E-state index contributed by atoms with van der Waals surface area (Å²) in [5.74, 6) is 1.38. The van der Waals surface area contributed by atoms with Crippen molar-refractivity contribution in [3.63, 3.8) is 0 Å². The van der Waals surface area contributed by atoms with Crippen molar-refractivity contribution in [3.05, 3.63) is 23.8 Å². The Bertz CT molecular complexity index is 284. The summed E-state index contributed by atoms with van der Waals surface area (Å²) in [7, 11) is 0. The molecule has 1 unspecified atom stereocenters. The van der Waals surface area contributed by atoms with Crippen molar-refractivity contribution in [1.29, 1.82) is 0 Å². The summed E-state index contributed by atoms with van der Waals surface area (Å²) >= 11 is 0. The summed E-state index contributed by atoms with van der Waals surface area (Å²) < 4.78 is 0. The molecule has 0 fully saturated rings. The first kappa shape index (κ1) is 11.1. The van der Waals surface area contributed by atoms with Gasteiger partial charge >= 0.3 is 0 Å². The van der Waals surface area contributed by atoms with Crippen LogP contribution in [-0.2, 0) is 0 Å². The van der Waals surface area contributed by atoms with Crippen LogP contribution in [0.1, 0.15) is 38.3 Å². The Hall–Kier alpha value is -0.960. The molecule has 3 heteroatoms. The lowest BCUT2D eigenvalue weighted by Gasteiger charge is -2.21. The summed E-state index contributed by atoms with van der Waals surface area (Å²) in [5, 5.41) is 3.44. The first-order chi connectivity index (χ1) is 6.65. The molecule has 78 valence electrons. The molecule has 0 aromatic carbocycles. The molecule has 0 spiro atoms. The zero-order chi connectivity index (χ0) is 10.6. The molecular formula is C11H19N3. The van der Waals surface area contributed by atoms with E-state index in [1.54, 1.807) is 0 Å². The minimum Gasteiger partial charge on any atom is -0.309 e. The molecule has 0 aliphatic heterocycles. The standard InChI is InChI=1S/C11H19N3/c1-5-12-11(8(2)3)10-6-7-13-9(4)14-10/h6-8,11-12H,5H2,1-4H3. The van der Waals surface area contributed by atoms with E-state index in [2.05, 4.69) is 36.1 Å². The third-order valence-electron chi connectivity index (χ3n) is 2.21. The quantitative estimate of drug-likeness (QED) is 0.795. The van der Waals surface area contributed by atoms with Crippen LogP contribution in [0.2, 0.25) is 0 Å². The van der Waals surface area contributed by atoms with Gasteiger partial charge < -0.3 is 5.32 Å². The van der Waals surface area contributed by atoms with Gasteiger partial charge in [0.2, 0.25) is 0 Å². The average Bonchev–Trinajstić information content (AvgIpc) is 2.13. The molecule has 1 heterocycles. The Morgan fingerprint density at radius 2 is 2.14 bits per heavy atom. The van der Waals surface area contributed by atoms with Crippen molar-refractivity contribution in [3.8, 4) is 0 Å². The fourth-order valence-electron chi connectivity index (χ4n) is 1.55. The molecule has 0 aliphatic carbocycles. The van der Waals surface area contributed by atoms with Crippen molar-refractivity contribution < 1.29 is 0 Å². The molecule has 3 nitrogen and oxygen atoms in total. The molecule has 0 saturated heterocycles. The maximum absolute atomic E-state index is 4.44. The SMILES string of the molecule is CCNC(c1ccnc(C)n1)C(C)C. The number of aryl methyl sites for hydroxylation is 1. The van der Waals surface area contributed by atoms with Gasteiger partial charge in [-0.2, -0.15) is 0 Å². The molecular weight excluding hydrogens is 174 g/mol. The Morgan fingerprint density at radius 3 is 2.64 bits per heavy atom. The van der Waals surface area contributed by atoms with Crippen LogP contribution in [0, 0.1) is 12.8 Å². The summed E-state index contributed by atoms with van der Waals surface area (Å²) in [5.41, 5.74) is 1.09. The largest absolute Gasteiger partial charge is 0.309 e. The lowest BCUT2D eigenvalue weighted by molar-refractivity contribution is 0.411. The van der Waals surface area contributed by atoms with E-state index in [-0.39, 0.29) is 0 Å². The number of rotatable bonds is 4. The second-order valence-electron chi connectivity index (χ2n) is 3.81. The van der Waals surface area contributed by atoms with Crippen molar-refractivity contribution in [2.75, 3.05) is 6.54 Å². The van der Waals surface area contributed by atoms with Gasteiger partial charge in [-0.1, -0.05) is 20.8 Å². The van der Waals surface area contributed by atoms with Gasteiger partial charge in [-0.05, 0) is 25.5 Å². The Morgan fingerprint density at radius 1 is 1.43 bits per heavy atom. The van der Waals surface area contributed by atoms with Crippen molar-refractivity contribution in [2.24, 2.45) is 5.92 Å². The van der Waals surface area contributed by atoms with E-state index in [1.807, 2.05) is 19.2 Å². The normalized spacial score (nSPS) is 13.2. The van der Waals surface area contributed by atoms with E-state index in [0.29, 0.717) is 12.0 Å². The molecule has 0 radical (unpaired) electrons. The van der Waals surface area contributed by atoms with Gasteiger partial charge in [-0.15, -0.1) is 0 Å². The minimum atomic E-state index is 0.335. The minimum absolute atomic E-state index is 0.335. The topological polar surface area (TPSA) is 37.8 Å². The van der Waals surface area contributed by atoms with E-state index >= 15 is 0 Å². The van der Waals surface area contributed by atoms with E-state index in [9.17, 15) is 0 Å².